The molecule has 0 saturated carbocycles. The molecule has 1 unspecified atom stereocenters. The van der Waals surface area contributed by atoms with E-state index in [1.807, 2.05) is 17.7 Å². The average molecular weight is 272 g/mol. The highest BCUT2D eigenvalue weighted by molar-refractivity contribution is 5.38. The number of ether oxygens (including phenoxy) is 1. The van der Waals surface area contributed by atoms with Gasteiger partial charge in [0.1, 0.15) is 5.75 Å². The van der Waals surface area contributed by atoms with Crippen LogP contribution in [0.3, 0.4) is 0 Å². The second-order valence-electron chi connectivity index (χ2n) is 4.79. The molecular weight excluding hydrogens is 252 g/mol. The SMILES string of the molecule is CNC(C)c1ccc(OC)c(Cn2ccc(=O)cc2)c1. The van der Waals surface area contributed by atoms with Crippen LogP contribution in [-0.4, -0.2) is 18.7 Å². The molecule has 0 aliphatic heterocycles. The second-order valence-corrected chi connectivity index (χ2v) is 4.79. The second kappa shape index (κ2) is 6.39. The first-order valence-electron chi connectivity index (χ1n) is 6.64. The summed E-state index contributed by atoms with van der Waals surface area (Å²) >= 11 is 0. The van der Waals surface area contributed by atoms with Crippen molar-refractivity contribution in [1.82, 2.24) is 9.88 Å². The topological polar surface area (TPSA) is 43.3 Å². The van der Waals surface area contributed by atoms with Crippen LogP contribution in [0.1, 0.15) is 24.1 Å². The Morgan fingerprint density at radius 2 is 1.95 bits per heavy atom. The molecule has 0 fully saturated rings. The molecule has 0 amide bonds. The summed E-state index contributed by atoms with van der Waals surface area (Å²) in [5.74, 6) is 0.857. The van der Waals surface area contributed by atoms with Gasteiger partial charge in [0.15, 0.2) is 5.43 Å². The molecule has 0 aliphatic carbocycles. The van der Waals surface area contributed by atoms with E-state index in [0.29, 0.717) is 6.54 Å². The van der Waals surface area contributed by atoms with E-state index in [2.05, 4.69) is 24.4 Å². The Labute approximate surface area is 119 Å². The molecule has 0 bridgehead atoms. The highest BCUT2D eigenvalue weighted by Crippen LogP contribution is 2.24. The van der Waals surface area contributed by atoms with Gasteiger partial charge in [0.05, 0.1) is 13.7 Å². The van der Waals surface area contributed by atoms with Crippen LogP contribution in [0.15, 0.2) is 47.5 Å². The molecule has 4 nitrogen and oxygen atoms in total. The summed E-state index contributed by atoms with van der Waals surface area (Å²) in [4.78, 5) is 11.1. The molecular formula is C16H20N2O2. The lowest BCUT2D eigenvalue weighted by atomic mass is 10.0. The third-order valence-electron chi connectivity index (χ3n) is 3.45. The molecule has 0 saturated heterocycles. The van der Waals surface area contributed by atoms with Crippen molar-refractivity contribution < 1.29 is 4.74 Å². The van der Waals surface area contributed by atoms with Gasteiger partial charge in [-0.2, -0.15) is 0 Å². The number of nitrogens with zero attached hydrogens (tertiary/aromatic N) is 1. The van der Waals surface area contributed by atoms with Gasteiger partial charge in [0, 0.05) is 36.1 Å². The molecule has 106 valence electrons. The fourth-order valence-corrected chi connectivity index (χ4v) is 2.10. The Hall–Kier alpha value is -2.07. The van der Waals surface area contributed by atoms with Crippen LogP contribution in [0.2, 0.25) is 0 Å². The van der Waals surface area contributed by atoms with Crippen LogP contribution in [-0.2, 0) is 6.54 Å². The molecule has 2 rings (SSSR count). The van der Waals surface area contributed by atoms with Crippen molar-refractivity contribution >= 4 is 0 Å². The lowest BCUT2D eigenvalue weighted by Crippen LogP contribution is -2.13. The third-order valence-corrected chi connectivity index (χ3v) is 3.45. The minimum atomic E-state index is 0.0192. The number of hydrogen-bond acceptors (Lipinski definition) is 3. The standard InChI is InChI=1S/C16H20N2O2/c1-12(17-2)13-4-5-16(20-3)14(10-13)11-18-8-6-15(19)7-9-18/h4-10,12,17H,11H2,1-3H3. The van der Waals surface area contributed by atoms with Crippen LogP contribution in [0.5, 0.6) is 5.75 Å². The van der Waals surface area contributed by atoms with E-state index in [0.717, 1.165) is 11.3 Å². The van der Waals surface area contributed by atoms with Crippen LogP contribution >= 0.6 is 0 Å². The Kier molecular flexibility index (Phi) is 4.58. The van der Waals surface area contributed by atoms with Crippen molar-refractivity contribution in [2.24, 2.45) is 0 Å². The van der Waals surface area contributed by atoms with Crippen LogP contribution in [0.4, 0.5) is 0 Å². The monoisotopic (exact) mass is 272 g/mol. The minimum Gasteiger partial charge on any atom is -0.496 e. The van der Waals surface area contributed by atoms with Crippen molar-refractivity contribution in [3.05, 3.63) is 64.1 Å². The number of hydrogen-bond donors (Lipinski definition) is 1. The number of methoxy groups -OCH3 is 1. The summed E-state index contributed by atoms with van der Waals surface area (Å²) in [6, 6.07) is 9.60. The number of pyridine rings is 1. The smallest absolute Gasteiger partial charge is 0.181 e. The Morgan fingerprint density at radius 1 is 1.25 bits per heavy atom. The summed E-state index contributed by atoms with van der Waals surface area (Å²) in [7, 11) is 3.61. The van der Waals surface area contributed by atoms with Gasteiger partial charge in [-0.25, -0.2) is 0 Å². The number of rotatable bonds is 5. The van der Waals surface area contributed by atoms with Crippen LogP contribution in [0.25, 0.3) is 0 Å². The van der Waals surface area contributed by atoms with Crippen LogP contribution in [0, 0.1) is 0 Å². The fraction of sp³-hybridized carbons (Fsp3) is 0.312. The maximum absolute atomic E-state index is 11.1. The van der Waals surface area contributed by atoms with E-state index >= 15 is 0 Å². The summed E-state index contributed by atoms with van der Waals surface area (Å²) in [6.07, 6.45) is 3.58. The lowest BCUT2D eigenvalue weighted by Gasteiger charge is -2.16. The zero-order valence-corrected chi connectivity index (χ0v) is 12.1. The van der Waals surface area contributed by atoms with Gasteiger partial charge < -0.3 is 14.6 Å². The average Bonchev–Trinajstić information content (AvgIpc) is 2.48. The zero-order chi connectivity index (χ0) is 14.5. The molecule has 0 radical (unpaired) electrons. The van der Waals surface area contributed by atoms with Crippen molar-refractivity contribution in [2.75, 3.05) is 14.2 Å². The quantitative estimate of drug-likeness (QED) is 0.907. The number of nitrogens with one attached hydrogen (secondary N) is 1. The molecule has 4 heteroatoms. The normalized spacial score (nSPS) is 12.2. The maximum atomic E-state index is 11.1. The maximum Gasteiger partial charge on any atom is 0.181 e. The minimum absolute atomic E-state index is 0.0192. The van der Waals surface area contributed by atoms with Gasteiger partial charge in [-0.15, -0.1) is 0 Å². The Balaban J connectivity index is 2.32. The van der Waals surface area contributed by atoms with Gasteiger partial charge in [-0.1, -0.05) is 6.07 Å². The van der Waals surface area contributed by atoms with Crippen molar-refractivity contribution in [1.29, 1.82) is 0 Å². The first kappa shape index (κ1) is 14.3. The van der Waals surface area contributed by atoms with E-state index in [9.17, 15) is 4.79 Å². The van der Waals surface area contributed by atoms with Crippen molar-refractivity contribution in [3.63, 3.8) is 0 Å². The molecule has 2 aromatic rings. The Bertz CT molecular complexity index is 614. The Morgan fingerprint density at radius 3 is 2.55 bits per heavy atom. The van der Waals surface area contributed by atoms with Crippen LogP contribution < -0.4 is 15.5 Å². The summed E-state index contributed by atoms with van der Waals surface area (Å²) in [5.41, 5.74) is 2.32. The predicted molar refractivity (Wildman–Crippen MR) is 80.3 cm³/mol. The molecule has 1 aromatic carbocycles. The molecule has 20 heavy (non-hydrogen) atoms. The molecule has 1 N–H and O–H groups in total. The third kappa shape index (κ3) is 3.27. The first-order valence-corrected chi connectivity index (χ1v) is 6.64. The van der Waals surface area contributed by atoms with Gasteiger partial charge >= 0.3 is 0 Å². The van der Waals surface area contributed by atoms with E-state index in [4.69, 9.17) is 4.74 Å². The predicted octanol–water partition coefficient (Wildman–Crippen LogP) is 2.19. The van der Waals surface area contributed by atoms with Gasteiger partial charge in [-0.05, 0) is 31.7 Å². The van der Waals surface area contributed by atoms with E-state index < -0.39 is 0 Å². The summed E-state index contributed by atoms with van der Waals surface area (Å²) < 4.78 is 7.38. The van der Waals surface area contributed by atoms with Gasteiger partial charge in [-0.3, -0.25) is 4.79 Å². The lowest BCUT2D eigenvalue weighted by molar-refractivity contribution is 0.408. The fourth-order valence-electron chi connectivity index (χ4n) is 2.10. The number of aromatic nitrogens is 1. The van der Waals surface area contributed by atoms with Crippen molar-refractivity contribution in [3.8, 4) is 5.75 Å². The first-order chi connectivity index (χ1) is 9.63. The zero-order valence-electron chi connectivity index (χ0n) is 12.1. The highest BCUT2D eigenvalue weighted by Gasteiger charge is 2.08. The van der Waals surface area contributed by atoms with Gasteiger partial charge in [0.2, 0.25) is 0 Å². The van der Waals surface area contributed by atoms with Gasteiger partial charge in [0.25, 0.3) is 0 Å². The molecule has 1 aromatic heterocycles. The summed E-state index contributed by atoms with van der Waals surface area (Å²) in [5, 5.41) is 3.23. The highest BCUT2D eigenvalue weighted by atomic mass is 16.5. The van der Waals surface area contributed by atoms with E-state index in [-0.39, 0.29) is 11.5 Å². The molecule has 1 atom stereocenters. The van der Waals surface area contributed by atoms with E-state index in [1.165, 1.54) is 5.56 Å². The molecule has 0 spiro atoms. The number of benzene rings is 1. The van der Waals surface area contributed by atoms with Crippen molar-refractivity contribution in [2.45, 2.75) is 19.5 Å². The molecule has 1 heterocycles. The van der Waals surface area contributed by atoms with E-state index in [1.54, 1.807) is 31.6 Å². The molecule has 0 aliphatic rings. The summed E-state index contributed by atoms with van der Waals surface area (Å²) in [6.45, 7) is 2.79. The largest absolute Gasteiger partial charge is 0.496 e.